The summed E-state index contributed by atoms with van der Waals surface area (Å²) < 4.78 is 15.4. The summed E-state index contributed by atoms with van der Waals surface area (Å²) in [6.07, 6.45) is 2.23. The summed E-state index contributed by atoms with van der Waals surface area (Å²) in [6.45, 7) is -0.0137. The third-order valence-electron chi connectivity index (χ3n) is 3.48. The van der Waals surface area contributed by atoms with Crippen molar-refractivity contribution in [2.75, 3.05) is 25.4 Å². The Labute approximate surface area is 154 Å². The summed E-state index contributed by atoms with van der Waals surface area (Å²) in [5.74, 6) is 0.760. The average molecular weight is 383 g/mol. The summed E-state index contributed by atoms with van der Waals surface area (Å²) in [5, 5.41) is 4.95. The highest BCUT2D eigenvalue weighted by Gasteiger charge is 2.22. The molecule has 10 heteroatoms. The van der Waals surface area contributed by atoms with Crippen LogP contribution in [0.5, 0.6) is 11.5 Å². The van der Waals surface area contributed by atoms with Gasteiger partial charge in [-0.1, -0.05) is 6.07 Å². The van der Waals surface area contributed by atoms with Crippen LogP contribution in [0.4, 0.5) is 4.79 Å². The van der Waals surface area contributed by atoms with Gasteiger partial charge in [-0.2, -0.15) is 11.8 Å². The van der Waals surface area contributed by atoms with E-state index in [1.807, 2.05) is 6.26 Å². The van der Waals surface area contributed by atoms with Crippen LogP contribution in [0.1, 0.15) is 12.0 Å². The molecule has 0 saturated heterocycles. The Kier molecular flexibility index (Phi) is 7.39. The molecule has 0 aromatic heterocycles. The van der Waals surface area contributed by atoms with E-state index in [9.17, 15) is 14.4 Å². The molecule has 0 unspecified atom stereocenters. The Hall–Kier alpha value is -2.62. The highest BCUT2D eigenvalue weighted by atomic mass is 32.2. The maximum atomic E-state index is 12.0. The molecule has 1 aromatic rings. The molecule has 1 aliphatic rings. The van der Waals surface area contributed by atoms with Crippen molar-refractivity contribution >= 4 is 29.7 Å². The largest absolute Gasteiger partial charge is 0.454 e. The molecular weight excluding hydrogens is 362 g/mol. The van der Waals surface area contributed by atoms with E-state index in [4.69, 9.17) is 19.9 Å². The predicted octanol–water partition coefficient (Wildman–Crippen LogP) is 0.365. The lowest BCUT2D eigenvalue weighted by Gasteiger charge is -2.15. The lowest BCUT2D eigenvalue weighted by Crippen LogP contribution is -2.45. The molecule has 0 radical (unpaired) electrons. The summed E-state index contributed by atoms with van der Waals surface area (Å²) in [5.41, 5.74) is 5.87. The molecule has 142 valence electrons. The summed E-state index contributed by atoms with van der Waals surface area (Å²) in [6, 6.07) is 3.64. The molecule has 26 heavy (non-hydrogen) atoms. The minimum absolute atomic E-state index is 0.179. The van der Waals surface area contributed by atoms with Gasteiger partial charge in [0.25, 0.3) is 5.91 Å². The number of esters is 1. The van der Waals surface area contributed by atoms with Crippen LogP contribution in [0.2, 0.25) is 0 Å². The Balaban J connectivity index is 1.76. The number of hydrogen-bond donors (Lipinski definition) is 3. The maximum Gasteiger partial charge on any atom is 0.329 e. The van der Waals surface area contributed by atoms with Crippen molar-refractivity contribution in [3.8, 4) is 11.5 Å². The topological polar surface area (TPSA) is 129 Å². The lowest BCUT2D eigenvalue weighted by atomic mass is 10.2. The normalized spacial score (nSPS) is 13.0. The van der Waals surface area contributed by atoms with Crippen molar-refractivity contribution in [3.05, 3.63) is 23.8 Å². The fraction of sp³-hybridized carbons (Fsp3) is 0.438. The number of benzene rings is 1. The second-order valence-electron chi connectivity index (χ2n) is 5.41. The second kappa shape index (κ2) is 9.76. The molecule has 0 spiro atoms. The molecule has 0 saturated carbocycles. The SMILES string of the molecule is CSCC[C@@H](NC(N)=O)C(=O)OCC(=O)NCc1ccc2c(c1)OCO2. The summed E-state index contributed by atoms with van der Waals surface area (Å²) in [7, 11) is 0. The van der Waals surface area contributed by atoms with E-state index in [2.05, 4.69) is 10.6 Å². The number of carbonyl (C=O) groups excluding carboxylic acids is 3. The standard InChI is InChI=1S/C16H21N3O6S/c1-26-5-4-11(19-16(17)22)15(21)23-8-14(20)18-7-10-2-3-12-13(6-10)25-9-24-12/h2-3,6,11H,4-5,7-9H2,1H3,(H,18,20)(H3,17,19,22)/t11-/m1/s1. The van der Waals surface area contributed by atoms with Crippen molar-refractivity contribution < 1.29 is 28.6 Å². The Morgan fingerprint density at radius 2 is 2.08 bits per heavy atom. The van der Waals surface area contributed by atoms with Crippen molar-refractivity contribution in [3.63, 3.8) is 0 Å². The van der Waals surface area contributed by atoms with E-state index in [1.54, 1.807) is 18.2 Å². The monoisotopic (exact) mass is 383 g/mol. The maximum absolute atomic E-state index is 12.0. The van der Waals surface area contributed by atoms with Crippen molar-refractivity contribution in [1.82, 2.24) is 10.6 Å². The number of nitrogens with two attached hydrogens (primary N) is 1. The van der Waals surface area contributed by atoms with Gasteiger partial charge in [0.2, 0.25) is 6.79 Å². The van der Waals surface area contributed by atoms with Gasteiger partial charge in [0, 0.05) is 6.54 Å². The first-order valence-electron chi connectivity index (χ1n) is 7.86. The molecule has 1 heterocycles. The Morgan fingerprint density at radius 1 is 1.31 bits per heavy atom. The van der Waals surface area contributed by atoms with Gasteiger partial charge in [-0.25, -0.2) is 9.59 Å². The fourth-order valence-electron chi connectivity index (χ4n) is 2.20. The Morgan fingerprint density at radius 3 is 2.81 bits per heavy atom. The number of primary amides is 1. The zero-order valence-corrected chi connectivity index (χ0v) is 15.1. The first-order chi connectivity index (χ1) is 12.5. The molecule has 1 aromatic carbocycles. The van der Waals surface area contributed by atoms with E-state index in [1.165, 1.54) is 11.8 Å². The molecular formula is C16H21N3O6S. The molecule has 0 bridgehead atoms. The third-order valence-corrected chi connectivity index (χ3v) is 4.13. The van der Waals surface area contributed by atoms with Gasteiger partial charge in [0.05, 0.1) is 0 Å². The fourth-order valence-corrected chi connectivity index (χ4v) is 2.67. The van der Waals surface area contributed by atoms with Gasteiger partial charge in [-0.15, -0.1) is 0 Å². The van der Waals surface area contributed by atoms with Gasteiger partial charge in [-0.05, 0) is 36.1 Å². The molecule has 4 N–H and O–H groups in total. The van der Waals surface area contributed by atoms with Crippen LogP contribution in [0.25, 0.3) is 0 Å². The zero-order valence-electron chi connectivity index (χ0n) is 14.3. The number of ether oxygens (including phenoxy) is 3. The van der Waals surface area contributed by atoms with E-state index in [0.717, 1.165) is 5.56 Å². The highest BCUT2D eigenvalue weighted by Crippen LogP contribution is 2.32. The highest BCUT2D eigenvalue weighted by molar-refractivity contribution is 7.98. The van der Waals surface area contributed by atoms with Gasteiger partial charge in [0.1, 0.15) is 6.04 Å². The van der Waals surface area contributed by atoms with Crippen LogP contribution >= 0.6 is 11.8 Å². The number of amides is 3. The smallest absolute Gasteiger partial charge is 0.329 e. The number of thioether (sulfide) groups is 1. The van der Waals surface area contributed by atoms with Gasteiger partial charge >= 0.3 is 12.0 Å². The van der Waals surface area contributed by atoms with E-state index in [0.29, 0.717) is 23.7 Å². The van der Waals surface area contributed by atoms with Crippen LogP contribution in [0.15, 0.2) is 18.2 Å². The van der Waals surface area contributed by atoms with Gasteiger partial charge < -0.3 is 30.6 Å². The van der Waals surface area contributed by atoms with Crippen molar-refractivity contribution in [1.29, 1.82) is 0 Å². The second-order valence-corrected chi connectivity index (χ2v) is 6.40. The number of carbonyl (C=O) groups is 3. The minimum Gasteiger partial charge on any atom is -0.454 e. The third kappa shape index (κ3) is 6.03. The quantitative estimate of drug-likeness (QED) is 0.525. The minimum atomic E-state index is -0.874. The number of fused-ring (bicyclic) bond motifs is 1. The van der Waals surface area contributed by atoms with E-state index in [-0.39, 0.29) is 13.3 Å². The number of hydrogen-bond acceptors (Lipinski definition) is 7. The first kappa shape index (κ1) is 19.7. The number of nitrogens with one attached hydrogen (secondary N) is 2. The van der Waals surface area contributed by atoms with Gasteiger partial charge in [0.15, 0.2) is 18.1 Å². The molecule has 3 amide bonds. The lowest BCUT2D eigenvalue weighted by molar-refractivity contribution is -0.150. The molecule has 2 rings (SSSR count). The summed E-state index contributed by atoms with van der Waals surface area (Å²) in [4.78, 5) is 34.8. The zero-order chi connectivity index (χ0) is 18.9. The average Bonchev–Trinajstić information content (AvgIpc) is 3.08. The molecule has 9 nitrogen and oxygen atoms in total. The Bertz CT molecular complexity index is 669. The van der Waals surface area contributed by atoms with E-state index < -0.39 is 30.6 Å². The molecule has 0 aliphatic carbocycles. The molecule has 1 aliphatic heterocycles. The van der Waals surface area contributed by atoms with Crippen molar-refractivity contribution in [2.24, 2.45) is 5.73 Å². The van der Waals surface area contributed by atoms with Gasteiger partial charge in [-0.3, -0.25) is 4.79 Å². The molecule has 1 atom stereocenters. The van der Waals surface area contributed by atoms with Crippen LogP contribution in [-0.4, -0.2) is 49.4 Å². The van der Waals surface area contributed by atoms with E-state index >= 15 is 0 Å². The van der Waals surface area contributed by atoms with Crippen LogP contribution in [0, 0.1) is 0 Å². The number of urea groups is 1. The molecule has 0 fully saturated rings. The number of rotatable bonds is 9. The first-order valence-corrected chi connectivity index (χ1v) is 9.25. The van der Waals surface area contributed by atoms with Crippen LogP contribution in [-0.2, 0) is 20.9 Å². The van der Waals surface area contributed by atoms with Crippen LogP contribution < -0.4 is 25.8 Å². The summed E-state index contributed by atoms with van der Waals surface area (Å²) >= 11 is 1.51. The van der Waals surface area contributed by atoms with Crippen molar-refractivity contribution in [2.45, 2.75) is 19.0 Å². The predicted molar refractivity (Wildman–Crippen MR) is 94.9 cm³/mol. The van der Waals surface area contributed by atoms with Crippen LogP contribution in [0.3, 0.4) is 0 Å².